The van der Waals surface area contributed by atoms with Crippen LogP contribution in [0.4, 0.5) is 0 Å². The van der Waals surface area contributed by atoms with Crippen molar-refractivity contribution in [3.8, 4) is 5.75 Å². The lowest BCUT2D eigenvalue weighted by Gasteiger charge is -2.25. The van der Waals surface area contributed by atoms with Crippen LogP contribution in [0.3, 0.4) is 0 Å². The lowest BCUT2D eigenvalue weighted by molar-refractivity contribution is -0.132. The molecule has 0 spiro atoms. The van der Waals surface area contributed by atoms with Crippen LogP contribution in [-0.4, -0.2) is 44.1 Å². The summed E-state index contributed by atoms with van der Waals surface area (Å²) < 4.78 is 5.15. The summed E-state index contributed by atoms with van der Waals surface area (Å²) >= 11 is 0. The SMILES string of the molecule is COc1ccc(C(C)CC(=O)N(C)C2CCNC2)cc1.Cl. The number of benzene rings is 1. The van der Waals surface area contributed by atoms with Gasteiger partial charge in [-0.05, 0) is 36.6 Å². The second-order valence-corrected chi connectivity index (χ2v) is 5.53. The number of nitrogens with one attached hydrogen (secondary N) is 1. The third-order valence-corrected chi connectivity index (χ3v) is 4.14. The predicted octanol–water partition coefficient (Wildman–Crippen LogP) is 2.43. The van der Waals surface area contributed by atoms with Crippen molar-refractivity contribution in [1.29, 1.82) is 0 Å². The summed E-state index contributed by atoms with van der Waals surface area (Å²) in [6.45, 7) is 4.02. The Morgan fingerprint density at radius 1 is 1.43 bits per heavy atom. The summed E-state index contributed by atoms with van der Waals surface area (Å²) in [5, 5.41) is 3.30. The Morgan fingerprint density at radius 2 is 2.10 bits per heavy atom. The van der Waals surface area contributed by atoms with Crippen molar-refractivity contribution in [2.24, 2.45) is 0 Å². The first-order valence-corrected chi connectivity index (χ1v) is 7.22. The first kappa shape index (κ1) is 17.8. The van der Waals surface area contributed by atoms with E-state index < -0.39 is 0 Å². The lowest BCUT2D eigenvalue weighted by atomic mass is 9.97. The highest BCUT2D eigenvalue weighted by Gasteiger charge is 2.24. The summed E-state index contributed by atoms with van der Waals surface area (Å²) in [5.74, 6) is 1.30. The zero-order valence-electron chi connectivity index (χ0n) is 13.0. The third-order valence-electron chi connectivity index (χ3n) is 4.14. The summed E-state index contributed by atoms with van der Waals surface area (Å²) in [6.07, 6.45) is 1.61. The van der Waals surface area contributed by atoms with E-state index in [-0.39, 0.29) is 24.2 Å². The number of carbonyl (C=O) groups is 1. The second kappa shape index (κ2) is 8.25. The van der Waals surface area contributed by atoms with Gasteiger partial charge in [0.2, 0.25) is 5.91 Å². The maximum absolute atomic E-state index is 12.3. The molecule has 4 nitrogen and oxygen atoms in total. The average molecular weight is 313 g/mol. The molecule has 1 saturated heterocycles. The molecule has 0 saturated carbocycles. The Hall–Kier alpha value is -1.26. The van der Waals surface area contributed by atoms with Gasteiger partial charge in [0.1, 0.15) is 5.75 Å². The van der Waals surface area contributed by atoms with Gasteiger partial charge >= 0.3 is 0 Å². The number of hydrogen-bond donors (Lipinski definition) is 1. The Bertz CT molecular complexity index is 444. The maximum atomic E-state index is 12.3. The van der Waals surface area contributed by atoms with Crippen molar-refractivity contribution in [1.82, 2.24) is 10.2 Å². The normalized spacial score (nSPS) is 18.7. The Balaban J connectivity index is 0.00000220. The molecule has 5 heteroatoms. The number of rotatable bonds is 5. The van der Waals surface area contributed by atoms with Gasteiger partial charge in [0.05, 0.1) is 7.11 Å². The molecule has 2 atom stereocenters. The summed E-state index contributed by atoms with van der Waals surface area (Å²) in [6, 6.07) is 8.31. The Labute approximate surface area is 133 Å². The highest BCUT2D eigenvalue weighted by Crippen LogP contribution is 2.23. The predicted molar refractivity (Wildman–Crippen MR) is 87.3 cm³/mol. The number of methoxy groups -OCH3 is 1. The first-order valence-electron chi connectivity index (χ1n) is 7.22. The quantitative estimate of drug-likeness (QED) is 0.908. The smallest absolute Gasteiger partial charge is 0.223 e. The molecule has 1 heterocycles. The molecule has 1 fully saturated rings. The van der Waals surface area contributed by atoms with E-state index in [0.29, 0.717) is 12.5 Å². The number of likely N-dealkylation sites (N-methyl/N-ethyl adjacent to an activating group) is 1. The minimum absolute atomic E-state index is 0. The molecular formula is C16H25ClN2O2. The van der Waals surface area contributed by atoms with Crippen LogP contribution in [0.15, 0.2) is 24.3 Å². The summed E-state index contributed by atoms with van der Waals surface area (Å²) in [7, 11) is 3.58. The molecule has 0 radical (unpaired) electrons. The average Bonchev–Trinajstić information content (AvgIpc) is 3.00. The monoisotopic (exact) mass is 312 g/mol. The van der Waals surface area contributed by atoms with E-state index in [1.165, 1.54) is 5.56 Å². The van der Waals surface area contributed by atoms with Crippen LogP contribution < -0.4 is 10.1 Å². The molecule has 2 rings (SSSR count). The number of amides is 1. The molecule has 0 bridgehead atoms. The largest absolute Gasteiger partial charge is 0.497 e. The molecule has 1 N–H and O–H groups in total. The Kier molecular flexibility index (Phi) is 6.99. The van der Waals surface area contributed by atoms with Gasteiger partial charge in [-0.15, -0.1) is 12.4 Å². The zero-order chi connectivity index (χ0) is 14.5. The topological polar surface area (TPSA) is 41.6 Å². The van der Waals surface area contributed by atoms with E-state index >= 15 is 0 Å². The second-order valence-electron chi connectivity index (χ2n) is 5.53. The fraction of sp³-hybridized carbons (Fsp3) is 0.562. The highest BCUT2D eigenvalue weighted by molar-refractivity contribution is 5.85. The number of carbonyl (C=O) groups excluding carboxylic acids is 1. The van der Waals surface area contributed by atoms with Crippen LogP contribution in [0.2, 0.25) is 0 Å². The molecule has 1 amide bonds. The van der Waals surface area contributed by atoms with Crippen molar-refractivity contribution in [3.05, 3.63) is 29.8 Å². The van der Waals surface area contributed by atoms with Crippen molar-refractivity contribution in [2.45, 2.75) is 31.7 Å². The molecule has 1 aliphatic heterocycles. The van der Waals surface area contributed by atoms with Crippen LogP contribution in [0.1, 0.15) is 31.2 Å². The zero-order valence-corrected chi connectivity index (χ0v) is 13.8. The number of hydrogen-bond acceptors (Lipinski definition) is 3. The van der Waals surface area contributed by atoms with Gasteiger partial charge < -0.3 is 15.0 Å². The van der Waals surface area contributed by atoms with Gasteiger partial charge in [0.25, 0.3) is 0 Å². The highest BCUT2D eigenvalue weighted by atomic mass is 35.5. The third kappa shape index (κ3) is 4.61. The van der Waals surface area contributed by atoms with Gasteiger partial charge in [0.15, 0.2) is 0 Å². The van der Waals surface area contributed by atoms with E-state index in [0.717, 1.165) is 25.3 Å². The summed E-state index contributed by atoms with van der Waals surface area (Å²) in [5.41, 5.74) is 1.18. The van der Waals surface area contributed by atoms with Crippen LogP contribution in [-0.2, 0) is 4.79 Å². The van der Waals surface area contributed by atoms with Gasteiger partial charge in [0, 0.05) is 26.1 Å². The molecule has 118 valence electrons. The maximum Gasteiger partial charge on any atom is 0.223 e. The van der Waals surface area contributed by atoms with Crippen LogP contribution in [0.25, 0.3) is 0 Å². The minimum Gasteiger partial charge on any atom is -0.497 e. The van der Waals surface area contributed by atoms with E-state index in [4.69, 9.17) is 4.74 Å². The molecule has 0 aliphatic carbocycles. The number of ether oxygens (including phenoxy) is 1. The van der Waals surface area contributed by atoms with Crippen molar-refractivity contribution in [2.75, 3.05) is 27.2 Å². The fourth-order valence-electron chi connectivity index (χ4n) is 2.63. The molecule has 1 aliphatic rings. The fourth-order valence-corrected chi connectivity index (χ4v) is 2.63. The molecule has 1 aromatic carbocycles. The molecule has 2 unspecified atom stereocenters. The lowest BCUT2D eigenvalue weighted by Crippen LogP contribution is -2.38. The molecule has 21 heavy (non-hydrogen) atoms. The van der Waals surface area contributed by atoms with Crippen molar-refractivity contribution >= 4 is 18.3 Å². The Morgan fingerprint density at radius 3 is 2.62 bits per heavy atom. The molecule has 0 aromatic heterocycles. The van der Waals surface area contributed by atoms with E-state index in [9.17, 15) is 4.79 Å². The van der Waals surface area contributed by atoms with Crippen LogP contribution in [0.5, 0.6) is 5.75 Å². The van der Waals surface area contributed by atoms with E-state index in [2.05, 4.69) is 12.2 Å². The van der Waals surface area contributed by atoms with Crippen LogP contribution in [0, 0.1) is 0 Å². The van der Waals surface area contributed by atoms with Gasteiger partial charge in [-0.2, -0.15) is 0 Å². The molecular weight excluding hydrogens is 288 g/mol. The van der Waals surface area contributed by atoms with Crippen molar-refractivity contribution in [3.63, 3.8) is 0 Å². The summed E-state index contributed by atoms with van der Waals surface area (Å²) in [4.78, 5) is 14.2. The first-order chi connectivity index (χ1) is 9.61. The van der Waals surface area contributed by atoms with Crippen LogP contribution >= 0.6 is 12.4 Å². The minimum atomic E-state index is 0. The van der Waals surface area contributed by atoms with Crippen molar-refractivity contribution < 1.29 is 9.53 Å². The standard InChI is InChI=1S/C16H24N2O2.ClH/c1-12(13-4-6-15(20-3)7-5-13)10-16(19)18(2)14-8-9-17-11-14;/h4-7,12,14,17H,8-11H2,1-3H3;1H. The van der Waals surface area contributed by atoms with Gasteiger partial charge in [-0.3, -0.25) is 4.79 Å². The van der Waals surface area contributed by atoms with E-state index in [1.54, 1.807) is 7.11 Å². The van der Waals surface area contributed by atoms with E-state index in [1.807, 2.05) is 36.2 Å². The molecule has 1 aromatic rings. The van der Waals surface area contributed by atoms with Gasteiger partial charge in [-0.1, -0.05) is 19.1 Å². The number of nitrogens with zero attached hydrogens (tertiary/aromatic N) is 1. The number of halogens is 1. The van der Waals surface area contributed by atoms with Gasteiger partial charge in [-0.25, -0.2) is 0 Å².